The van der Waals surface area contributed by atoms with E-state index >= 15 is 0 Å². The summed E-state index contributed by atoms with van der Waals surface area (Å²) in [5, 5.41) is 9.04. The maximum Gasteiger partial charge on any atom is 0.307 e. The topological polar surface area (TPSA) is 54.4 Å². The van der Waals surface area contributed by atoms with Crippen molar-refractivity contribution < 1.29 is 14.7 Å². The molecule has 0 aromatic rings. The van der Waals surface area contributed by atoms with Crippen LogP contribution in [0.3, 0.4) is 0 Å². The predicted molar refractivity (Wildman–Crippen MR) is 61.1 cm³/mol. The molecule has 3 atom stereocenters. The minimum absolute atomic E-state index is 0.0806. The molecule has 15 heavy (non-hydrogen) atoms. The smallest absolute Gasteiger partial charge is 0.307 e. The first-order valence-electron chi connectivity index (χ1n) is 5.45. The maximum absolute atomic E-state index is 11.9. The van der Waals surface area contributed by atoms with Crippen LogP contribution in [0.5, 0.6) is 0 Å². The Balaban J connectivity index is 2.71. The molecule has 0 amide bonds. The quantitative estimate of drug-likeness (QED) is 0.726. The number of carbonyl (C=O) groups excluding carboxylic acids is 1. The number of ketones is 1. The van der Waals surface area contributed by atoms with E-state index < -0.39 is 11.9 Å². The average molecular weight is 230 g/mol. The van der Waals surface area contributed by atoms with E-state index in [1.54, 1.807) is 0 Å². The van der Waals surface area contributed by atoms with Crippen molar-refractivity contribution >= 4 is 24.4 Å². The van der Waals surface area contributed by atoms with Gasteiger partial charge >= 0.3 is 5.97 Å². The van der Waals surface area contributed by atoms with Crippen molar-refractivity contribution in [2.45, 2.75) is 32.6 Å². The molecule has 1 aliphatic rings. The van der Waals surface area contributed by atoms with Gasteiger partial charge in [-0.05, 0) is 18.6 Å². The number of rotatable bonds is 4. The van der Waals surface area contributed by atoms with Gasteiger partial charge < -0.3 is 5.11 Å². The van der Waals surface area contributed by atoms with Crippen molar-refractivity contribution in [1.82, 2.24) is 0 Å². The Kier molecular flexibility index (Phi) is 4.64. The molecule has 4 heteroatoms. The lowest BCUT2D eigenvalue weighted by atomic mass is 9.74. The zero-order valence-corrected chi connectivity index (χ0v) is 9.87. The third kappa shape index (κ3) is 2.97. The van der Waals surface area contributed by atoms with Crippen LogP contribution in [0.2, 0.25) is 0 Å². The highest BCUT2D eigenvalue weighted by molar-refractivity contribution is 7.80. The molecule has 1 aliphatic carbocycles. The van der Waals surface area contributed by atoms with E-state index in [-0.39, 0.29) is 17.6 Å². The lowest BCUT2D eigenvalue weighted by Crippen LogP contribution is -2.35. The highest BCUT2D eigenvalue weighted by atomic mass is 32.1. The number of thiol groups is 1. The van der Waals surface area contributed by atoms with Crippen LogP contribution in [0.25, 0.3) is 0 Å². The Bertz CT molecular complexity index is 252. The van der Waals surface area contributed by atoms with Crippen molar-refractivity contribution in [3.63, 3.8) is 0 Å². The molecule has 0 unspecified atom stereocenters. The Hall–Kier alpha value is -0.510. The molecule has 1 N–H and O–H groups in total. The standard InChI is InChI=1S/C11H18O3S/c1-7(6-15)10(12)8-4-2-3-5-9(8)11(13)14/h7-9,15H,2-6H2,1H3,(H,13,14)/t7-,8+,9+/m0/s1. The normalized spacial score (nSPS) is 28.4. The summed E-state index contributed by atoms with van der Waals surface area (Å²) in [6, 6.07) is 0. The Morgan fingerprint density at radius 2 is 1.87 bits per heavy atom. The molecule has 0 saturated heterocycles. The van der Waals surface area contributed by atoms with Gasteiger partial charge in [0.05, 0.1) is 5.92 Å². The highest BCUT2D eigenvalue weighted by Gasteiger charge is 2.36. The molecule has 1 saturated carbocycles. The lowest BCUT2D eigenvalue weighted by molar-refractivity contribution is -0.149. The first-order chi connectivity index (χ1) is 7.07. The predicted octanol–water partition coefficient (Wildman–Crippen LogP) is 2.01. The molecule has 3 nitrogen and oxygen atoms in total. The van der Waals surface area contributed by atoms with Crippen molar-refractivity contribution in [3.05, 3.63) is 0 Å². The minimum atomic E-state index is -0.820. The van der Waals surface area contributed by atoms with Gasteiger partial charge in [0.1, 0.15) is 5.78 Å². The van der Waals surface area contributed by atoms with Gasteiger partial charge in [-0.3, -0.25) is 9.59 Å². The van der Waals surface area contributed by atoms with Crippen LogP contribution in [0, 0.1) is 17.8 Å². The first-order valence-corrected chi connectivity index (χ1v) is 6.08. The van der Waals surface area contributed by atoms with E-state index in [9.17, 15) is 9.59 Å². The van der Waals surface area contributed by atoms with E-state index in [4.69, 9.17) is 5.11 Å². The SMILES string of the molecule is C[C@@H](CS)C(=O)[C@@H]1CCCC[C@H]1C(=O)O. The third-order valence-corrected chi connectivity index (χ3v) is 3.76. The van der Waals surface area contributed by atoms with E-state index in [2.05, 4.69) is 12.6 Å². The third-order valence-electron chi connectivity index (χ3n) is 3.21. The fourth-order valence-electron chi connectivity index (χ4n) is 2.22. The molecule has 1 fully saturated rings. The van der Waals surface area contributed by atoms with Gasteiger partial charge in [0.15, 0.2) is 0 Å². The molecule has 0 aromatic carbocycles. The molecule has 0 aromatic heterocycles. The summed E-state index contributed by atoms with van der Waals surface area (Å²) in [5.74, 6) is -1.11. The minimum Gasteiger partial charge on any atom is -0.481 e. The van der Waals surface area contributed by atoms with Crippen LogP contribution in [-0.4, -0.2) is 22.6 Å². The van der Waals surface area contributed by atoms with Gasteiger partial charge in [0.2, 0.25) is 0 Å². The van der Waals surface area contributed by atoms with Crippen molar-refractivity contribution in [2.75, 3.05) is 5.75 Å². The number of hydrogen-bond donors (Lipinski definition) is 2. The summed E-state index contributed by atoms with van der Waals surface area (Å²) in [6.45, 7) is 1.82. The molecular weight excluding hydrogens is 212 g/mol. The number of aliphatic carboxylic acids is 1. The monoisotopic (exact) mass is 230 g/mol. The number of hydrogen-bond acceptors (Lipinski definition) is 3. The van der Waals surface area contributed by atoms with Gasteiger partial charge in [-0.25, -0.2) is 0 Å². The second-order valence-electron chi connectivity index (χ2n) is 4.32. The van der Waals surface area contributed by atoms with Crippen molar-refractivity contribution in [3.8, 4) is 0 Å². The number of carbonyl (C=O) groups is 2. The second-order valence-corrected chi connectivity index (χ2v) is 4.69. The summed E-state index contributed by atoms with van der Waals surface area (Å²) in [4.78, 5) is 22.9. The van der Waals surface area contributed by atoms with Gasteiger partial charge in [-0.2, -0.15) is 12.6 Å². The van der Waals surface area contributed by atoms with E-state index in [1.165, 1.54) is 0 Å². The molecule has 0 spiro atoms. The fourth-order valence-corrected chi connectivity index (χ4v) is 2.40. The fraction of sp³-hybridized carbons (Fsp3) is 0.818. The van der Waals surface area contributed by atoms with Crippen LogP contribution >= 0.6 is 12.6 Å². The molecule has 0 bridgehead atoms. The van der Waals surface area contributed by atoms with Gasteiger partial charge in [-0.1, -0.05) is 19.8 Å². The number of Topliss-reactive ketones (excluding diaryl/α,β-unsaturated/α-hetero) is 1. The van der Waals surface area contributed by atoms with Crippen LogP contribution < -0.4 is 0 Å². The molecule has 0 heterocycles. The van der Waals surface area contributed by atoms with Gasteiger partial charge in [0.25, 0.3) is 0 Å². The summed E-state index contributed by atoms with van der Waals surface area (Å²) in [5.41, 5.74) is 0. The summed E-state index contributed by atoms with van der Waals surface area (Å²) >= 11 is 4.09. The molecule has 0 radical (unpaired) electrons. The molecule has 86 valence electrons. The van der Waals surface area contributed by atoms with E-state index in [1.807, 2.05) is 6.92 Å². The highest BCUT2D eigenvalue weighted by Crippen LogP contribution is 2.32. The van der Waals surface area contributed by atoms with Crippen LogP contribution in [-0.2, 0) is 9.59 Å². The Labute approximate surface area is 95.7 Å². The lowest BCUT2D eigenvalue weighted by Gasteiger charge is -2.28. The van der Waals surface area contributed by atoms with E-state index in [0.717, 1.165) is 19.3 Å². The first kappa shape index (κ1) is 12.6. The molecular formula is C11H18O3S. The zero-order valence-electron chi connectivity index (χ0n) is 8.98. The summed E-state index contributed by atoms with van der Waals surface area (Å²) in [7, 11) is 0. The van der Waals surface area contributed by atoms with Crippen LogP contribution in [0.4, 0.5) is 0 Å². The largest absolute Gasteiger partial charge is 0.481 e. The zero-order chi connectivity index (χ0) is 11.4. The second kappa shape index (κ2) is 5.54. The van der Waals surface area contributed by atoms with Crippen LogP contribution in [0.15, 0.2) is 0 Å². The number of carboxylic acid groups (broad SMARTS) is 1. The molecule has 1 rings (SSSR count). The van der Waals surface area contributed by atoms with E-state index in [0.29, 0.717) is 12.2 Å². The van der Waals surface area contributed by atoms with Crippen molar-refractivity contribution in [1.29, 1.82) is 0 Å². The average Bonchev–Trinajstić information content (AvgIpc) is 2.27. The number of carboxylic acids is 1. The maximum atomic E-state index is 11.9. The van der Waals surface area contributed by atoms with Gasteiger partial charge in [-0.15, -0.1) is 0 Å². The molecule has 0 aliphatic heterocycles. The summed E-state index contributed by atoms with van der Waals surface area (Å²) < 4.78 is 0. The van der Waals surface area contributed by atoms with Crippen LogP contribution in [0.1, 0.15) is 32.6 Å². The van der Waals surface area contributed by atoms with Gasteiger partial charge in [0, 0.05) is 11.8 Å². The summed E-state index contributed by atoms with van der Waals surface area (Å²) in [6.07, 6.45) is 3.27. The Morgan fingerprint density at radius 3 is 2.33 bits per heavy atom. The van der Waals surface area contributed by atoms with Crippen molar-refractivity contribution in [2.24, 2.45) is 17.8 Å². The Morgan fingerprint density at radius 1 is 1.33 bits per heavy atom.